The van der Waals surface area contributed by atoms with E-state index in [-0.39, 0.29) is 0 Å². The molecule has 76 valence electrons. The average Bonchev–Trinajstić information content (AvgIpc) is 2.18. The average molecular weight is 254 g/mol. The van der Waals surface area contributed by atoms with E-state index in [0.29, 0.717) is 0 Å². The fourth-order valence-electron chi connectivity index (χ4n) is 2.12. The van der Waals surface area contributed by atoms with Crippen molar-refractivity contribution in [3.63, 3.8) is 0 Å². The van der Waals surface area contributed by atoms with Gasteiger partial charge in [0.25, 0.3) is 0 Å². The third-order valence-electron chi connectivity index (χ3n) is 2.85. The third kappa shape index (κ3) is 2.11. The lowest BCUT2D eigenvalue weighted by molar-refractivity contribution is 0.446. The molecule has 1 aliphatic rings. The molecule has 1 fully saturated rings. The second kappa shape index (κ2) is 4.35. The van der Waals surface area contributed by atoms with Gasteiger partial charge in [-0.1, -0.05) is 19.1 Å². The van der Waals surface area contributed by atoms with Crippen LogP contribution in [0.1, 0.15) is 19.8 Å². The lowest BCUT2D eigenvalue weighted by atomic mass is 10.00. The predicted molar refractivity (Wildman–Crippen MR) is 64.8 cm³/mol. The number of anilines is 1. The zero-order chi connectivity index (χ0) is 9.97. The van der Waals surface area contributed by atoms with E-state index >= 15 is 0 Å². The number of para-hydroxylation sites is 1. The molecule has 1 aromatic carbocycles. The quantitative estimate of drug-likeness (QED) is 0.738. The Morgan fingerprint density at radius 1 is 1.36 bits per heavy atom. The van der Waals surface area contributed by atoms with E-state index in [4.69, 9.17) is 0 Å². The molecule has 1 atom stereocenters. The molecule has 1 aliphatic heterocycles. The van der Waals surface area contributed by atoms with E-state index in [9.17, 15) is 0 Å². The zero-order valence-electron chi connectivity index (χ0n) is 8.54. The first-order valence-electron chi connectivity index (χ1n) is 5.27. The highest BCUT2D eigenvalue weighted by Crippen LogP contribution is 2.29. The summed E-state index contributed by atoms with van der Waals surface area (Å²) in [5, 5.41) is 0. The SMILES string of the molecule is CC1CCCN(c2ccccc2Br)C1. The maximum Gasteiger partial charge on any atom is 0.0510 e. The van der Waals surface area contributed by atoms with E-state index in [1.807, 2.05) is 0 Å². The molecule has 0 aromatic heterocycles. The molecule has 0 amide bonds. The van der Waals surface area contributed by atoms with Gasteiger partial charge < -0.3 is 4.90 Å². The highest BCUT2D eigenvalue weighted by molar-refractivity contribution is 9.10. The molecule has 1 heterocycles. The number of halogens is 1. The summed E-state index contributed by atoms with van der Waals surface area (Å²) in [5.74, 6) is 0.829. The Morgan fingerprint density at radius 3 is 2.86 bits per heavy atom. The molecule has 0 saturated carbocycles. The molecule has 0 bridgehead atoms. The van der Waals surface area contributed by atoms with Gasteiger partial charge in [0.1, 0.15) is 0 Å². The molecule has 0 aliphatic carbocycles. The van der Waals surface area contributed by atoms with Gasteiger partial charge in [0.2, 0.25) is 0 Å². The molecule has 2 heteroatoms. The Kier molecular flexibility index (Phi) is 3.12. The van der Waals surface area contributed by atoms with E-state index in [1.54, 1.807) is 0 Å². The molecular weight excluding hydrogens is 238 g/mol. The van der Waals surface area contributed by atoms with Crippen LogP contribution < -0.4 is 4.90 Å². The summed E-state index contributed by atoms with van der Waals surface area (Å²) >= 11 is 3.61. The highest BCUT2D eigenvalue weighted by atomic mass is 79.9. The van der Waals surface area contributed by atoms with Gasteiger partial charge in [0, 0.05) is 17.6 Å². The van der Waals surface area contributed by atoms with Crippen molar-refractivity contribution < 1.29 is 0 Å². The van der Waals surface area contributed by atoms with Gasteiger partial charge in [0.05, 0.1) is 5.69 Å². The van der Waals surface area contributed by atoms with Crippen molar-refractivity contribution in [3.05, 3.63) is 28.7 Å². The Bertz CT molecular complexity index is 311. The van der Waals surface area contributed by atoms with Crippen molar-refractivity contribution in [2.45, 2.75) is 19.8 Å². The van der Waals surface area contributed by atoms with Gasteiger partial charge in [-0.15, -0.1) is 0 Å². The molecule has 0 radical (unpaired) electrons. The number of hydrogen-bond donors (Lipinski definition) is 0. The predicted octanol–water partition coefficient (Wildman–Crippen LogP) is 3.69. The highest BCUT2D eigenvalue weighted by Gasteiger charge is 2.17. The van der Waals surface area contributed by atoms with Gasteiger partial charge in [0.15, 0.2) is 0 Å². The largest absolute Gasteiger partial charge is 0.370 e. The zero-order valence-corrected chi connectivity index (χ0v) is 10.1. The lowest BCUT2D eigenvalue weighted by Gasteiger charge is -2.33. The van der Waals surface area contributed by atoms with Gasteiger partial charge >= 0.3 is 0 Å². The van der Waals surface area contributed by atoms with Crippen molar-refractivity contribution in [2.24, 2.45) is 5.92 Å². The molecule has 0 N–H and O–H groups in total. The number of rotatable bonds is 1. The standard InChI is InChI=1S/C12H16BrN/c1-10-5-4-8-14(9-10)12-7-3-2-6-11(12)13/h2-3,6-7,10H,4-5,8-9H2,1H3. The summed E-state index contributed by atoms with van der Waals surface area (Å²) in [5.41, 5.74) is 1.35. The maximum absolute atomic E-state index is 3.61. The van der Waals surface area contributed by atoms with Crippen LogP contribution >= 0.6 is 15.9 Å². The second-order valence-corrected chi connectivity index (χ2v) is 5.00. The fourth-order valence-corrected chi connectivity index (χ4v) is 2.65. The van der Waals surface area contributed by atoms with Crippen LogP contribution in [0.4, 0.5) is 5.69 Å². The van der Waals surface area contributed by atoms with Gasteiger partial charge in [-0.2, -0.15) is 0 Å². The third-order valence-corrected chi connectivity index (χ3v) is 3.52. The van der Waals surface area contributed by atoms with Crippen LogP contribution in [-0.2, 0) is 0 Å². The number of benzene rings is 1. The lowest BCUT2D eigenvalue weighted by Crippen LogP contribution is -2.34. The fraction of sp³-hybridized carbons (Fsp3) is 0.500. The first-order valence-corrected chi connectivity index (χ1v) is 6.06. The Labute approximate surface area is 94.2 Å². The van der Waals surface area contributed by atoms with E-state index in [0.717, 1.165) is 5.92 Å². The Morgan fingerprint density at radius 2 is 2.14 bits per heavy atom. The molecule has 1 nitrogen and oxygen atoms in total. The molecule has 1 saturated heterocycles. The summed E-state index contributed by atoms with van der Waals surface area (Å²) < 4.78 is 1.22. The van der Waals surface area contributed by atoms with Gasteiger partial charge in [-0.25, -0.2) is 0 Å². The minimum atomic E-state index is 0.829. The van der Waals surface area contributed by atoms with E-state index in [1.165, 1.54) is 36.1 Å². The normalized spacial score (nSPS) is 22.4. The molecule has 1 aromatic rings. The van der Waals surface area contributed by atoms with E-state index in [2.05, 4.69) is 52.0 Å². The summed E-state index contributed by atoms with van der Waals surface area (Å²) in [4.78, 5) is 2.48. The van der Waals surface area contributed by atoms with Crippen molar-refractivity contribution in [1.29, 1.82) is 0 Å². The van der Waals surface area contributed by atoms with Crippen molar-refractivity contribution in [1.82, 2.24) is 0 Å². The smallest absolute Gasteiger partial charge is 0.0510 e. The Balaban J connectivity index is 2.18. The summed E-state index contributed by atoms with van der Waals surface area (Å²) in [7, 11) is 0. The van der Waals surface area contributed by atoms with Crippen LogP contribution in [0.15, 0.2) is 28.7 Å². The topological polar surface area (TPSA) is 3.24 Å². The van der Waals surface area contributed by atoms with Gasteiger partial charge in [-0.3, -0.25) is 0 Å². The van der Waals surface area contributed by atoms with Crippen molar-refractivity contribution in [3.8, 4) is 0 Å². The second-order valence-electron chi connectivity index (χ2n) is 4.14. The first-order chi connectivity index (χ1) is 6.77. The summed E-state index contributed by atoms with van der Waals surface area (Å²) in [6.07, 6.45) is 2.70. The number of nitrogens with zero attached hydrogens (tertiary/aromatic N) is 1. The molecular formula is C12H16BrN. The Hall–Kier alpha value is -0.500. The molecule has 14 heavy (non-hydrogen) atoms. The number of hydrogen-bond acceptors (Lipinski definition) is 1. The van der Waals surface area contributed by atoms with Crippen LogP contribution in [0.25, 0.3) is 0 Å². The minimum Gasteiger partial charge on any atom is -0.370 e. The van der Waals surface area contributed by atoms with Crippen LogP contribution in [0.5, 0.6) is 0 Å². The van der Waals surface area contributed by atoms with Crippen molar-refractivity contribution in [2.75, 3.05) is 18.0 Å². The van der Waals surface area contributed by atoms with Crippen LogP contribution in [-0.4, -0.2) is 13.1 Å². The van der Waals surface area contributed by atoms with E-state index < -0.39 is 0 Å². The first kappa shape index (κ1) is 10.0. The summed E-state index contributed by atoms with van der Waals surface area (Å²) in [6, 6.07) is 8.50. The number of piperidine rings is 1. The monoisotopic (exact) mass is 253 g/mol. The van der Waals surface area contributed by atoms with Crippen molar-refractivity contribution >= 4 is 21.6 Å². The molecule has 2 rings (SSSR count). The minimum absolute atomic E-state index is 0.829. The maximum atomic E-state index is 3.61. The van der Waals surface area contributed by atoms with Gasteiger partial charge in [-0.05, 0) is 46.8 Å². The summed E-state index contributed by atoms with van der Waals surface area (Å²) in [6.45, 7) is 4.73. The van der Waals surface area contributed by atoms with Crippen LogP contribution in [0, 0.1) is 5.92 Å². The molecule has 1 unspecified atom stereocenters. The molecule has 0 spiro atoms. The van der Waals surface area contributed by atoms with Crippen LogP contribution in [0.3, 0.4) is 0 Å². The van der Waals surface area contributed by atoms with Crippen LogP contribution in [0.2, 0.25) is 0 Å².